The fourth-order valence-electron chi connectivity index (χ4n) is 3.79. The van der Waals surface area contributed by atoms with E-state index in [2.05, 4.69) is 34.9 Å². The Morgan fingerprint density at radius 1 is 0.811 bits per heavy atom. The fourth-order valence-corrected chi connectivity index (χ4v) is 6.69. The highest BCUT2D eigenvalue weighted by atomic mass is 32.1. The van der Waals surface area contributed by atoms with Crippen LogP contribution in [0.5, 0.6) is 0 Å². The van der Waals surface area contributed by atoms with Gasteiger partial charge in [0.2, 0.25) is 0 Å². The van der Waals surface area contributed by atoms with Crippen molar-refractivity contribution in [2.45, 2.75) is 38.7 Å². The number of benzene rings is 3. The second kappa shape index (κ2) is 12.3. The van der Waals surface area contributed by atoms with Crippen molar-refractivity contribution in [1.29, 1.82) is 0 Å². The Kier molecular flexibility index (Phi) is 9.59. The van der Waals surface area contributed by atoms with Crippen molar-refractivity contribution >= 4 is 41.5 Å². The Bertz CT molecular complexity index is 1100. The van der Waals surface area contributed by atoms with Gasteiger partial charge in [0.15, 0.2) is 5.11 Å². The molecule has 3 aromatic rings. The minimum atomic E-state index is -4.94. The second-order valence-electron chi connectivity index (χ2n) is 8.67. The predicted molar refractivity (Wildman–Crippen MR) is 143 cm³/mol. The summed E-state index contributed by atoms with van der Waals surface area (Å²) in [5.41, 5.74) is -3.18. The van der Waals surface area contributed by atoms with Gasteiger partial charge < -0.3 is 10.6 Å². The number of thiocarbonyl (C=S) groups is 1. The van der Waals surface area contributed by atoms with Crippen LogP contribution < -0.4 is 21.2 Å². The van der Waals surface area contributed by atoms with Crippen LogP contribution in [0.3, 0.4) is 0 Å². The van der Waals surface area contributed by atoms with Gasteiger partial charge in [0.05, 0.1) is 11.1 Å². The molecule has 3 rings (SSSR count). The highest BCUT2D eigenvalue weighted by Crippen LogP contribution is 2.38. The van der Waals surface area contributed by atoms with Crippen LogP contribution in [0.4, 0.5) is 32.0 Å². The average molecular weight is 557 g/mol. The second-order valence-corrected chi connectivity index (χ2v) is 11.3. The number of alkyl halides is 6. The molecule has 2 N–H and O–H groups in total. The van der Waals surface area contributed by atoms with Gasteiger partial charge in [0.25, 0.3) is 0 Å². The number of halogens is 6. The maximum atomic E-state index is 13.3. The van der Waals surface area contributed by atoms with Gasteiger partial charge in [0, 0.05) is 11.7 Å². The van der Waals surface area contributed by atoms with Crippen molar-refractivity contribution in [2.24, 2.45) is 5.92 Å². The Hall–Kier alpha value is -2.64. The third kappa shape index (κ3) is 8.17. The lowest BCUT2D eigenvalue weighted by atomic mass is 10.0. The van der Waals surface area contributed by atoms with Crippen LogP contribution in [0.25, 0.3) is 0 Å². The van der Waals surface area contributed by atoms with Gasteiger partial charge in [-0.25, -0.2) is 0 Å². The molecule has 0 saturated carbocycles. The molecule has 37 heavy (non-hydrogen) atoms. The molecule has 0 amide bonds. The minimum absolute atomic E-state index is 0.0335. The van der Waals surface area contributed by atoms with E-state index in [1.54, 1.807) is 0 Å². The number of nitrogens with one attached hydrogen (secondary N) is 2. The third-order valence-electron chi connectivity index (χ3n) is 6.01. The summed E-state index contributed by atoms with van der Waals surface area (Å²) in [5, 5.41) is 8.02. The zero-order valence-electron chi connectivity index (χ0n) is 20.2. The normalized spacial score (nSPS) is 13.8. The van der Waals surface area contributed by atoms with E-state index in [1.807, 2.05) is 50.2 Å². The fraction of sp³-hybridized carbons (Fsp3) is 0.296. The van der Waals surface area contributed by atoms with Gasteiger partial charge in [0.1, 0.15) is 0 Å². The molecular formula is C27H27F6N2PS. The van der Waals surface area contributed by atoms with E-state index in [0.29, 0.717) is 18.3 Å². The van der Waals surface area contributed by atoms with E-state index in [-0.39, 0.29) is 28.8 Å². The molecule has 2 atom stereocenters. The summed E-state index contributed by atoms with van der Waals surface area (Å²) >= 11 is 5.36. The van der Waals surface area contributed by atoms with Gasteiger partial charge in [-0.05, 0) is 61.0 Å². The van der Waals surface area contributed by atoms with E-state index >= 15 is 0 Å². The molecule has 0 unspecified atom stereocenters. The molecule has 10 heteroatoms. The molecule has 2 nitrogen and oxygen atoms in total. The summed E-state index contributed by atoms with van der Waals surface area (Å²) in [6.07, 6.45) is -8.40. The van der Waals surface area contributed by atoms with Crippen LogP contribution in [-0.4, -0.2) is 17.3 Å². The van der Waals surface area contributed by atoms with Crippen LogP contribution in [0.2, 0.25) is 0 Å². The number of anilines is 1. The first-order valence-electron chi connectivity index (χ1n) is 11.6. The molecule has 3 aromatic carbocycles. The molecule has 0 radical (unpaired) electrons. The highest BCUT2D eigenvalue weighted by Gasteiger charge is 2.37. The van der Waals surface area contributed by atoms with Crippen LogP contribution in [-0.2, 0) is 12.4 Å². The highest BCUT2D eigenvalue weighted by molar-refractivity contribution is 7.80. The molecule has 0 aliphatic carbocycles. The van der Waals surface area contributed by atoms with Crippen molar-refractivity contribution in [2.75, 3.05) is 11.5 Å². The summed E-state index contributed by atoms with van der Waals surface area (Å²) in [7, 11) is -0.807. The molecule has 0 fully saturated rings. The molecule has 0 heterocycles. The van der Waals surface area contributed by atoms with E-state index in [4.69, 9.17) is 12.2 Å². The van der Waals surface area contributed by atoms with E-state index < -0.39 is 31.4 Å². The first-order valence-corrected chi connectivity index (χ1v) is 13.6. The quantitative estimate of drug-likeness (QED) is 0.170. The molecule has 0 bridgehead atoms. The van der Waals surface area contributed by atoms with Gasteiger partial charge in [-0.3, -0.25) is 0 Å². The molecular weight excluding hydrogens is 529 g/mol. The Morgan fingerprint density at radius 3 is 1.68 bits per heavy atom. The maximum absolute atomic E-state index is 13.3. The number of rotatable bonds is 8. The molecule has 0 spiro atoms. The van der Waals surface area contributed by atoms with Crippen molar-refractivity contribution in [1.82, 2.24) is 5.32 Å². The molecule has 0 saturated heterocycles. The lowest BCUT2D eigenvalue weighted by molar-refractivity contribution is -0.143. The minimum Gasteiger partial charge on any atom is -0.359 e. The number of hydrogen-bond acceptors (Lipinski definition) is 1. The van der Waals surface area contributed by atoms with E-state index in [1.165, 1.54) is 0 Å². The SMILES string of the molecule is CC[C@H](C)[C@@H](CP(c1ccccc1)c1ccccc1)NC(=S)Nc1cc(C(F)(F)F)cc(C(F)(F)F)c1. The first-order chi connectivity index (χ1) is 17.4. The zero-order chi connectivity index (χ0) is 27.2. The average Bonchev–Trinajstić information content (AvgIpc) is 2.85. The monoisotopic (exact) mass is 556 g/mol. The predicted octanol–water partition coefficient (Wildman–Crippen LogP) is 7.56. The molecule has 0 aliphatic heterocycles. The van der Waals surface area contributed by atoms with Crippen molar-refractivity contribution < 1.29 is 26.3 Å². The van der Waals surface area contributed by atoms with Gasteiger partial charge in [-0.15, -0.1) is 0 Å². The van der Waals surface area contributed by atoms with Crippen LogP contribution >= 0.6 is 20.1 Å². The van der Waals surface area contributed by atoms with E-state index in [9.17, 15) is 26.3 Å². The Labute approximate surface area is 219 Å². The van der Waals surface area contributed by atoms with Crippen molar-refractivity contribution in [3.8, 4) is 0 Å². The maximum Gasteiger partial charge on any atom is 0.416 e. The summed E-state index contributed by atoms with van der Waals surface area (Å²) in [5.74, 6) is 0.129. The van der Waals surface area contributed by atoms with Crippen molar-refractivity contribution in [3.63, 3.8) is 0 Å². The van der Waals surface area contributed by atoms with Gasteiger partial charge in [-0.2, -0.15) is 26.3 Å². The van der Waals surface area contributed by atoms with Crippen LogP contribution in [0, 0.1) is 5.92 Å². The van der Waals surface area contributed by atoms with Crippen LogP contribution in [0.15, 0.2) is 78.9 Å². The van der Waals surface area contributed by atoms with Crippen molar-refractivity contribution in [3.05, 3.63) is 90.0 Å². The summed E-state index contributed by atoms with van der Waals surface area (Å²) < 4.78 is 79.6. The standard InChI is InChI=1S/C27H27F6N2PS/c1-3-18(2)24(17-36(22-10-6-4-7-11-22)23-12-8-5-9-13-23)35-25(37)34-21-15-19(26(28,29)30)14-20(16-21)27(31,32)33/h4-16,18,24H,3,17H2,1-2H3,(H2,34,35,37)/t18-,24+/m0/s1. The summed E-state index contributed by atoms with van der Waals surface area (Å²) in [6.45, 7) is 4.06. The topological polar surface area (TPSA) is 24.1 Å². The Morgan fingerprint density at radius 2 is 1.27 bits per heavy atom. The summed E-state index contributed by atoms with van der Waals surface area (Å²) in [6, 6.07) is 21.2. The smallest absolute Gasteiger partial charge is 0.359 e. The number of hydrogen-bond donors (Lipinski definition) is 2. The first kappa shape index (κ1) is 28.9. The lowest BCUT2D eigenvalue weighted by Gasteiger charge is -2.30. The zero-order valence-corrected chi connectivity index (χ0v) is 21.9. The summed E-state index contributed by atoms with van der Waals surface area (Å²) in [4.78, 5) is 0. The third-order valence-corrected chi connectivity index (χ3v) is 8.83. The van der Waals surface area contributed by atoms with E-state index in [0.717, 1.165) is 17.0 Å². The largest absolute Gasteiger partial charge is 0.416 e. The van der Waals surface area contributed by atoms with Gasteiger partial charge >= 0.3 is 12.4 Å². The van der Waals surface area contributed by atoms with Crippen LogP contribution in [0.1, 0.15) is 31.4 Å². The Balaban J connectivity index is 1.87. The molecule has 0 aliphatic rings. The van der Waals surface area contributed by atoms with Gasteiger partial charge in [-0.1, -0.05) is 80.9 Å². The molecule has 198 valence electrons. The lowest BCUT2D eigenvalue weighted by Crippen LogP contribution is -2.44. The molecule has 0 aromatic heterocycles.